The Morgan fingerprint density at radius 3 is 2.57 bits per heavy atom. The number of rotatable bonds is 5. The zero-order valence-electron chi connectivity index (χ0n) is 16.0. The van der Waals surface area contributed by atoms with Crippen LogP contribution in [0.15, 0.2) is 48.8 Å². The number of carbonyl (C=O) groups is 2. The summed E-state index contributed by atoms with van der Waals surface area (Å²) in [5.41, 5.74) is -0.365. The van der Waals surface area contributed by atoms with E-state index in [1.54, 1.807) is 13.0 Å². The van der Waals surface area contributed by atoms with Crippen molar-refractivity contribution < 1.29 is 27.5 Å². The minimum Gasteiger partial charge on any atom is -0.462 e. The van der Waals surface area contributed by atoms with Crippen LogP contribution < -0.4 is 5.32 Å². The third kappa shape index (κ3) is 4.48. The summed E-state index contributed by atoms with van der Waals surface area (Å²) in [6.07, 6.45) is -1.59. The molecule has 0 aliphatic heterocycles. The van der Waals surface area contributed by atoms with E-state index in [4.69, 9.17) is 4.74 Å². The lowest BCUT2D eigenvalue weighted by Crippen LogP contribution is -2.18. The molecule has 10 heteroatoms. The highest BCUT2D eigenvalue weighted by Gasteiger charge is 2.31. The van der Waals surface area contributed by atoms with Crippen molar-refractivity contribution in [3.63, 3.8) is 0 Å². The van der Waals surface area contributed by atoms with Gasteiger partial charge in [0.15, 0.2) is 0 Å². The number of esters is 1. The first kappa shape index (κ1) is 21.0. The van der Waals surface area contributed by atoms with E-state index < -0.39 is 23.6 Å². The summed E-state index contributed by atoms with van der Waals surface area (Å²) in [7, 11) is 0. The molecular weight excluding hydrogens is 401 g/mol. The smallest absolute Gasteiger partial charge is 0.416 e. The van der Waals surface area contributed by atoms with Crippen LogP contribution in [0.25, 0.3) is 5.69 Å². The van der Waals surface area contributed by atoms with Gasteiger partial charge in [-0.2, -0.15) is 18.3 Å². The first-order valence-electron chi connectivity index (χ1n) is 8.88. The zero-order chi connectivity index (χ0) is 21.9. The van der Waals surface area contributed by atoms with Gasteiger partial charge >= 0.3 is 12.1 Å². The number of hydrogen-bond acceptors (Lipinski definition) is 5. The lowest BCUT2D eigenvalue weighted by molar-refractivity contribution is -0.137. The minimum atomic E-state index is -4.59. The van der Waals surface area contributed by atoms with Crippen LogP contribution in [0.3, 0.4) is 0 Å². The van der Waals surface area contributed by atoms with E-state index in [0.717, 1.165) is 12.1 Å². The van der Waals surface area contributed by atoms with Crippen LogP contribution in [0.4, 0.5) is 18.9 Å². The molecule has 0 atom stereocenters. The number of benzene rings is 1. The van der Waals surface area contributed by atoms with Gasteiger partial charge in [0.1, 0.15) is 5.69 Å². The van der Waals surface area contributed by atoms with E-state index in [1.807, 2.05) is 0 Å². The second-order valence-corrected chi connectivity index (χ2v) is 6.18. The fourth-order valence-electron chi connectivity index (χ4n) is 2.72. The second kappa shape index (κ2) is 8.36. The van der Waals surface area contributed by atoms with Gasteiger partial charge in [-0.15, -0.1) is 0 Å². The Morgan fingerprint density at radius 2 is 1.97 bits per heavy atom. The minimum absolute atomic E-state index is 0.0654. The summed E-state index contributed by atoms with van der Waals surface area (Å²) in [4.78, 5) is 28.6. The van der Waals surface area contributed by atoms with Crippen LogP contribution in [0.5, 0.6) is 0 Å². The summed E-state index contributed by atoms with van der Waals surface area (Å²) < 4.78 is 45.7. The molecule has 0 radical (unpaired) electrons. The number of alkyl halides is 3. The molecule has 3 rings (SSSR count). The van der Waals surface area contributed by atoms with Crippen LogP contribution in [0.1, 0.15) is 39.0 Å². The number of carbonyl (C=O) groups excluding carboxylic acids is 2. The van der Waals surface area contributed by atoms with E-state index in [1.165, 1.54) is 42.2 Å². The number of hydrogen-bond donors (Lipinski definition) is 1. The van der Waals surface area contributed by atoms with Gasteiger partial charge < -0.3 is 10.1 Å². The molecule has 2 aromatic heterocycles. The number of aryl methyl sites for hydroxylation is 1. The summed E-state index contributed by atoms with van der Waals surface area (Å²) >= 11 is 0. The van der Waals surface area contributed by atoms with Gasteiger partial charge in [-0.3, -0.25) is 4.79 Å². The highest BCUT2D eigenvalue weighted by Crippen LogP contribution is 2.33. The van der Waals surface area contributed by atoms with Crippen molar-refractivity contribution in [2.75, 3.05) is 11.9 Å². The largest absolute Gasteiger partial charge is 0.462 e. The van der Waals surface area contributed by atoms with Gasteiger partial charge in [0.25, 0.3) is 5.91 Å². The third-order valence-electron chi connectivity index (χ3n) is 4.14. The van der Waals surface area contributed by atoms with E-state index in [-0.39, 0.29) is 34.9 Å². The van der Waals surface area contributed by atoms with E-state index >= 15 is 0 Å². The zero-order valence-corrected chi connectivity index (χ0v) is 16.0. The van der Waals surface area contributed by atoms with Gasteiger partial charge in [0.2, 0.25) is 0 Å². The molecule has 2 heterocycles. The molecule has 0 unspecified atom stereocenters. The Hall–Kier alpha value is -3.69. The Morgan fingerprint density at radius 1 is 1.20 bits per heavy atom. The summed E-state index contributed by atoms with van der Waals surface area (Å²) in [5.74, 6) is -1.31. The number of nitrogens with zero attached hydrogens (tertiary/aromatic N) is 3. The Balaban J connectivity index is 1.94. The van der Waals surface area contributed by atoms with Crippen molar-refractivity contribution in [3.05, 3.63) is 71.3 Å². The second-order valence-electron chi connectivity index (χ2n) is 6.18. The summed E-state index contributed by atoms with van der Waals surface area (Å²) in [6.45, 7) is 3.38. The maximum atomic E-state index is 13.1. The van der Waals surface area contributed by atoms with Crippen molar-refractivity contribution in [2.45, 2.75) is 20.0 Å². The maximum absolute atomic E-state index is 13.1. The number of anilines is 1. The fourth-order valence-corrected chi connectivity index (χ4v) is 2.72. The van der Waals surface area contributed by atoms with Crippen molar-refractivity contribution >= 4 is 17.6 Å². The average molecular weight is 418 g/mol. The lowest BCUT2D eigenvalue weighted by atomic mass is 10.1. The molecule has 3 aromatic rings. The Kier molecular flexibility index (Phi) is 5.86. The number of aromatic nitrogens is 3. The highest BCUT2D eigenvalue weighted by atomic mass is 19.4. The molecule has 1 N–H and O–H groups in total. The van der Waals surface area contributed by atoms with Gasteiger partial charge in [-0.1, -0.05) is 0 Å². The maximum Gasteiger partial charge on any atom is 0.416 e. The van der Waals surface area contributed by atoms with Gasteiger partial charge in [-0.25, -0.2) is 14.5 Å². The van der Waals surface area contributed by atoms with Crippen LogP contribution in [0, 0.1) is 6.92 Å². The number of nitrogens with one attached hydrogen (secondary N) is 1. The summed E-state index contributed by atoms with van der Waals surface area (Å²) in [6, 6.07) is 7.24. The monoisotopic (exact) mass is 418 g/mol. The molecule has 0 fully saturated rings. The Labute approximate surface area is 169 Å². The molecule has 7 nitrogen and oxygen atoms in total. The SMILES string of the molecule is CCOC(=O)c1ccc(C(=O)Nc2cc(C(F)(F)F)ccc2-n2cccn2)nc1C. The van der Waals surface area contributed by atoms with Crippen LogP contribution in [0.2, 0.25) is 0 Å². The molecule has 0 aliphatic rings. The predicted molar refractivity (Wildman–Crippen MR) is 101 cm³/mol. The van der Waals surface area contributed by atoms with Crippen LogP contribution in [-0.4, -0.2) is 33.2 Å². The number of ether oxygens (including phenoxy) is 1. The van der Waals surface area contributed by atoms with E-state index in [2.05, 4.69) is 15.4 Å². The normalized spacial score (nSPS) is 11.2. The predicted octanol–water partition coefficient (Wildman–Crippen LogP) is 4.02. The lowest BCUT2D eigenvalue weighted by Gasteiger charge is -2.15. The van der Waals surface area contributed by atoms with Crippen molar-refractivity contribution in [1.82, 2.24) is 14.8 Å². The fraction of sp³-hybridized carbons (Fsp3) is 0.200. The third-order valence-corrected chi connectivity index (χ3v) is 4.14. The molecule has 30 heavy (non-hydrogen) atoms. The first-order valence-corrected chi connectivity index (χ1v) is 8.88. The van der Waals surface area contributed by atoms with Crippen molar-refractivity contribution in [1.29, 1.82) is 0 Å². The van der Waals surface area contributed by atoms with Gasteiger partial charge in [-0.05, 0) is 50.2 Å². The summed E-state index contributed by atoms with van der Waals surface area (Å²) in [5, 5.41) is 6.45. The standard InChI is InChI=1S/C20H17F3N4O3/c1-3-30-19(29)14-6-7-15(25-12(14)2)18(28)26-16-11-13(20(21,22)23)5-8-17(16)27-10-4-9-24-27/h4-11H,3H2,1-2H3,(H,26,28). The van der Waals surface area contributed by atoms with Gasteiger partial charge in [0, 0.05) is 12.4 Å². The number of halogens is 3. The van der Waals surface area contributed by atoms with Crippen LogP contribution in [-0.2, 0) is 10.9 Å². The molecule has 0 bridgehead atoms. The number of amides is 1. The molecular formula is C20H17F3N4O3. The molecule has 0 saturated carbocycles. The Bertz CT molecular complexity index is 1080. The quantitative estimate of drug-likeness (QED) is 0.633. The average Bonchev–Trinajstić information content (AvgIpc) is 3.21. The molecule has 0 spiro atoms. The molecule has 156 valence electrons. The van der Waals surface area contributed by atoms with E-state index in [9.17, 15) is 22.8 Å². The van der Waals surface area contributed by atoms with E-state index in [0.29, 0.717) is 0 Å². The first-order chi connectivity index (χ1) is 14.2. The topological polar surface area (TPSA) is 86.1 Å². The molecule has 1 amide bonds. The van der Waals surface area contributed by atoms with Gasteiger partial charge in [0.05, 0.1) is 34.8 Å². The van der Waals surface area contributed by atoms with Crippen molar-refractivity contribution in [3.8, 4) is 5.69 Å². The highest BCUT2D eigenvalue weighted by molar-refractivity contribution is 6.04. The number of pyridine rings is 1. The van der Waals surface area contributed by atoms with Crippen LogP contribution >= 0.6 is 0 Å². The molecule has 1 aromatic carbocycles. The van der Waals surface area contributed by atoms with Crippen molar-refractivity contribution in [2.24, 2.45) is 0 Å². The molecule has 0 aliphatic carbocycles. The molecule has 0 saturated heterocycles.